The molecule has 2 aromatic rings. The Kier molecular flexibility index (Phi) is 8.48. The highest BCUT2D eigenvalue weighted by atomic mass is 32.2. The van der Waals surface area contributed by atoms with Crippen molar-refractivity contribution < 1.29 is 23.9 Å². The van der Waals surface area contributed by atoms with Gasteiger partial charge in [-0.05, 0) is 53.6 Å². The van der Waals surface area contributed by atoms with Gasteiger partial charge in [0.25, 0.3) is 17.1 Å². The molecule has 8 nitrogen and oxygen atoms in total. The zero-order valence-corrected chi connectivity index (χ0v) is 20.1. The lowest BCUT2D eigenvalue weighted by Crippen LogP contribution is -2.51. The monoisotopic (exact) mass is 481 g/mol. The van der Waals surface area contributed by atoms with Crippen LogP contribution in [0.15, 0.2) is 59.5 Å². The maximum absolute atomic E-state index is 12.7. The standard InChI is InChI=1S/C25H27N3O5S/c1-16(2)21(27-22(29)18-9-11-19(33-3)12-10-18)23(30)26-13-14-28-24(31)20(34-25(28)32)15-17-7-5-4-6-8-17/h4-12,15-16,21H,13-14H2,1-3H3,(H,26,30)(H,27,29)/t21-/m0/s1. The molecule has 1 heterocycles. The molecule has 34 heavy (non-hydrogen) atoms. The second kappa shape index (κ2) is 11.5. The van der Waals surface area contributed by atoms with Gasteiger partial charge in [0.2, 0.25) is 5.91 Å². The lowest BCUT2D eigenvalue weighted by Gasteiger charge is -2.22. The highest BCUT2D eigenvalue weighted by molar-refractivity contribution is 8.18. The molecular weight excluding hydrogens is 454 g/mol. The quantitative estimate of drug-likeness (QED) is 0.533. The third kappa shape index (κ3) is 6.26. The average molecular weight is 482 g/mol. The Bertz CT molecular complexity index is 1080. The summed E-state index contributed by atoms with van der Waals surface area (Å²) in [6.07, 6.45) is 1.67. The number of carbonyl (C=O) groups excluding carboxylic acids is 4. The van der Waals surface area contributed by atoms with Crippen LogP contribution in [0.4, 0.5) is 4.79 Å². The van der Waals surface area contributed by atoms with Gasteiger partial charge in [0.05, 0.1) is 12.0 Å². The van der Waals surface area contributed by atoms with E-state index in [4.69, 9.17) is 4.74 Å². The SMILES string of the molecule is COc1ccc(C(=O)N[C@H](C(=O)NCCN2C(=O)SC(=Cc3ccccc3)C2=O)C(C)C)cc1. The summed E-state index contributed by atoms with van der Waals surface area (Å²) in [6.45, 7) is 3.77. The molecule has 2 aromatic carbocycles. The fourth-order valence-electron chi connectivity index (χ4n) is 3.30. The van der Waals surface area contributed by atoms with Gasteiger partial charge in [-0.2, -0.15) is 0 Å². The lowest BCUT2D eigenvalue weighted by atomic mass is 10.0. The molecular formula is C25H27N3O5S. The van der Waals surface area contributed by atoms with Crippen LogP contribution in [0.5, 0.6) is 5.75 Å². The maximum atomic E-state index is 12.7. The number of benzene rings is 2. The van der Waals surface area contributed by atoms with Gasteiger partial charge in [0.1, 0.15) is 11.8 Å². The van der Waals surface area contributed by atoms with Gasteiger partial charge in [-0.3, -0.25) is 24.1 Å². The van der Waals surface area contributed by atoms with E-state index in [1.807, 2.05) is 44.2 Å². The van der Waals surface area contributed by atoms with Crippen LogP contribution in [-0.2, 0) is 9.59 Å². The molecule has 0 bridgehead atoms. The molecule has 1 aliphatic rings. The molecule has 1 fully saturated rings. The van der Waals surface area contributed by atoms with Crippen LogP contribution in [-0.4, -0.2) is 54.1 Å². The molecule has 0 saturated carbocycles. The molecule has 0 radical (unpaired) electrons. The van der Waals surface area contributed by atoms with Crippen molar-refractivity contribution in [3.8, 4) is 5.75 Å². The minimum absolute atomic E-state index is 0.0414. The van der Waals surface area contributed by atoms with Crippen LogP contribution >= 0.6 is 11.8 Å². The van der Waals surface area contributed by atoms with E-state index in [2.05, 4.69) is 10.6 Å². The Labute approximate surface area is 202 Å². The first-order valence-corrected chi connectivity index (χ1v) is 11.6. The second-order valence-electron chi connectivity index (χ2n) is 7.96. The largest absolute Gasteiger partial charge is 0.497 e. The fourth-order valence-corrected chi connectivity index (χ4v) is 4.16. The normalized spacial score (nSPS) is 15.5. The Morgan fingerprint density at radius 2 is 1.74 bits per heavy atom. The number of methoxy groups -OCH3 is 1. The number of thioether (sulfide) groups is 1. The van der Waals surface area contributed by atoms with Crippen molar-refractivity contribution in [2.75, 3.05) is 20.2 Å². The summed E-state index contributed by atoms with van der Waals surface area (Å²) in [7, 11) is 1.54. The van der Waals surface area contributed by atoms with Crippen LogP contribution in [0.25, 0.3) is 6.08 Å². The third-order valence-electron chi connectivity index (χ3n) is 5.19. The highest BCUT2D eigenvalue weighted by Gasteiger charge is 2.35. The number of ether oxygens (including phenoxy) is 1. The first-order valence-electron chi connectivity index (χ1n) is 10.8. The van der Waals surface area contributed by atoms with E-state index in [0.29, 0.717) is 16.2 Å². The number of rotatable bonds is 9. The van der Waals surface area contributed by atoms with E-state index in [1.165, 1.54) is 7.11 Å². The summed E-state index contributed by atoms with van der Waals surface area (Å²) in [5.74, 6) is -0.702. The minimum Gasteiger partial charge on any atom is -0.497 e. The fraction of sp³-hybridized carbons (Fsp3) is 0.280. The van der Waals surface area contributed by atoms with Crippen molar-refractivity contribution >= 4 is 40.8 Å². The molecule has 1 atom stereocenters. The molecule has 9 heteroatoms. The maximum Gasteiger partial charge on any atom is 0.293 e. The van der Waals surface area contributed by atoms with Crippen LogP contribution < -0.4 is 15.4 Å². The van der Waals surface area contributed by atoms with Crippen molar-refractivity contribution in [1.29, 1.82) is 0 Å². The van der Waals surface area contributed by atoms with Crippen LogP contribution in [0.3, 0.4) is 0 Å². The van der Waals surface area contributed by atoms with Gasteiger partial charge >= 0.3 is 0 Å². The van der Waals surface area contributed by atoms with Gasteiger partial charge in [-0.1, -0.05) is 44.2 Å². The topological polar surface area (TPSA) is 105 Å². The molecule has 0 aliphatic carbocycles. The summed E-state index contributed by atoms with van der Waals surface area (Å²) in [6, 6.07) is 15.1. The van der Waals surface area contributed by atoms with E-state index < -0.39 is 6.04 Å². The minimum atomic E-state index is -0.775. The molecule has 0 aromatic heterocycles. The Balaban J connectivity index is 1.55. The Hall–Kier alpha value is -3.59. The first kappa shape index (κ1) is 25.0. The van der Waals surface area contributed by atoms with Crippen LogP contribution in [0, 0.1) is 5.92 Å². The van der Waals surface area contributed by atoms with E-state index in [9.17, 15) is 19.2 Å². The third-order valence-corrected chi connectivity index (χ3v) is 6.10. The van der Waals surface area contributed by atoms with Gasteiger partial charge in [0.15, 0.2) is 0 Å². The summed E-state index contributed by atoms with van der Waals surface area (Å²) < 4.78 is 5.09. The molecule has 178 valence electrons. The number of nitrogens with zero attached hydrogens (tertiary/aromatic N) is 1. The smallest absolute Gasteiger partial charge is 0.293 e. The predicted molar refractivity (Wildman–Crippen MR) is 131 cm³/mol. The molecule has 4 amide bonds. The Morgan fingerprint density at radius 3 is 2.35 bits per heavy atom. The van der Waals surface area contributed by atoms with Gasteiger partial charge in [0, 0.05) is 18.7 Å². The molecule has 2 N–H and O–H groups in total. The molecule has 3 rings (SSSR count). The van der Waals surface area contributed by atoms with Gasteiger partial charge in [-0.15, -0.1) is 0 Å². The zero-order chi connectivity index (χ0) is 24.7. The van der Waals surface area contributed by atoms with Crippen molar-refractivity contribution in [3.05, 3.63) is 70.6 Å². The van der Waals surface area contributed by atoms with Crippen molar-refractivity contribution in [2.45, 2.75) is 19.9 Å². The van der Waals surface area contributed by atoms with Crippen molar-refractivity contribution in [2.24, 2.45) is 5.92 Å². The first-order chi connectivity index (χ1) is 16.3. The summed E-state index contributed by atoms with van der Waals surface area (Å²) >= 11 is 0.875. The van der Waals surface area contributed by atoms with Gasteiger partial charge in [-0.25, -0.2) is 0 Å². The number of carbonyl (C=O) groups is 4. The lowest BCUT2D eigenvalue weighted by molar-refractivity contribution is -0.125. The molecule has 0 spiro atoms. The number of hydrogen-bond donors (Lipinski definition) is 2. The zero-order valence-electron chi connectivity index (χ0n) is 19.2. The summed E-state index contributed by atoms with van der Waals surface area (Å²) in [5, 5.41) is 5.09. The second-order valence-corrected chi connectivity index (χ2v) is 8.95. The van der Waals surface area contributed by atoms with Crippen molar-refractivity contribution in [1.82, 2.24) is 15.5 Å². The van der Waals surface area contributed by atoms with E-state index in [0.717, 1.165) is 22.2 Å². The van der Waals surface area contributed by atoms with Crippen LogP contribution in [0.2, 0.25) is 0 Å². The van der Waals surface area contributed by atoms with Gasteiger partial charge < -0.3 is 15.4 Å². The predicted octanol–water partition coefficient (Wildman–Crippen LogP) is 3.30. The average Bonchev–Trinajstić information content (AvgIpc) is 3.10. The Morgan fingerprint density at radius 1 is 1.06 bits per heavy atom. The number of amides is 4. The van der Waals surface area contributed by atoms with E-state index >= 15 is 0 Å². The highest BCUT2D eigenvalue weighted by Crippen LogP contribution is 2.31. The summed E-state index contributed by atoms with van der Waals surface area (Å²) in [5.41, 5.74) is 1.23. The molecule has 0 unspecified atom stereocenters. The van der Waals surface area contributed by atoms with Crippen molar-refractivity contribution in [3.63, 3.8) is 0 Å². The molecule has 1 aliphatic heterocycles. The molecule has 1 saturated heterocycles. The van der Waals surface area contributed by atoms with E-state index in [-0.39, 0.29) is 42.0 Å². The number of nitrogens with one attached hydrogen (secondary N) is 2. The van der Waals surface area contributed by atoms with Crippen LogP contribution in [0.1, 0.15) is 29.8 Å². The number of hydrogen-bond acceptors (Lipinski definition) is 6. The summed E-state index contributed by atoms with van der Waals surface area (Å²) in [4.78, 5) is 51.7. The number of imide groups is 1. The van der Waals surface area contributed by atoms with E-state index in [1.54, 1.807) is 30.3 Å².